The van der Waals surface area contributed by atoms with Crippen molar-refractivity contribution in [3.63, 3.8) is 0 Å². The van der Waals surface area contributed by atoms with E-state index in [-0.39, 0.29) is 6.71 Å². The van der Waals surface area contributed by atoms with Crippen LogP contribution in [0.5, 0.6) is 0 Å². The first-order valence-corrected chi connectivity index (χ1v) is 17.3. The lowest BCUT2D eigenvalue weighted by atomic mass is 9.33. The highest BCUT2D eigenvalue weighted by Crippen LogP contribution is 2.57. The van der Waals surface area contributed by atoms with Crippen molar-refractivity contribution in [2.75, 3.05) is 9.80 Å². The maximum atomic E-state index is 6.87. The van der Waals surface area contributed by atoms with Gasteiger partial charge in [0.25, 0.3) is 0 Å². The van der Waals surface area contributed by atoms with Gasteiger partial charge in [0.1, 0.15) is 11.2 Å². The van der Waals surface area contributed by atoms with Gasteiger partial charge < -0.3 is 18.6 Å². The van der Waals surface area contributed by atoms with E-state index >= 15 is 0 Å². The van der Waals surface area contributed by atoms with Gasteiger partial charge in [-0.1, -0.05) is 119 Å². The van der Waals surface area contributed by atoms with Crippen LogP contribution in [0.2, 0.25) is 0 Å². The standard InChI is InChI=1S/C45H31BN2O2/c1-26-24-27(2)41(28(3)25-26)46-33-15-11-18-37-42(33)48(43-34(46)23-22-32-30-13-5-9-21-40(30)50-45(32)43)36-17-7-6-16-35(36)47(37)38-19-10-14-31-29-12-4-8-20-39(29)49-44(31)38/h4-25H,1-3H3. The van der Waals surface area contributed by atoms with Crippen molar-refractivity contribution < 1.29 is 8.83 Å². The molecule has 4 heterocycles. The number of anilines is 6. The summed E-state index contributed by atoms with van der Waals surface area (Å²) in [7, 11) is 0. The van der Waals surface area contributed by atoms with E-state index in [1.54, 1.807) is 0 Å². The minimum absolute atomic E-state index is 0.00326. The van der Waals surface area contributed by atoms with Crippen molar-refractivity contribution in [1.29, 1.82) is 0 Å². The first-order valence-electron chi connectivity index (χ1n) is 17.3. The third-order valence-electron chi connectivity index (χ3n) is 10.9. The van der Waals surface area contributed by atoms with Crippen LogP contribution in [-0.2, 0) is 0 Å². The predicted molar refractivity (Wildman–Crippen MR) is 209 cm³/mol. The molecule has 50 heavy (non-hydrogen) atoms. The van der Waals surface area contributed by atoms with E-state index in [4.69, 9.17) is 8.83 Å². The molecule has 0 saturated carbocycles. The van der Waals surface area contributed by atoms with Crippen LogP contribution in [0.25, 0.3) is 43.9 Å². The molecule has 11 rings (SSSR count). The summed E-state index contributed by atoms with van der Waals surface area (Å²) in [5.41, 5.74) is 17.9. The number of hydrogen-bond donors (Lipinski definition) is 0. The molecule has 4 nitrogen and oxygen atoms in total. The van der Waals surface area contributed by atoms with Crippen LogP contribution in [-0.4, -0.2) is 6.71 Å². The molecule has 0 radical (unpaired) electrons. The van der Waals surface area contributed by atoms with Crippen LogP contribution in [0.4, 0.5) is 34.1 Å². The summed E-state index contributed by atoms with van der Waals surface area (Å²) in [6.07, 6.45) is 0. The molecule has 236 valence electrons. The number of rotatable bonds is 2. The predicted octanol–water partition coefficient (Wildman–Crippen LogP) is 10.5. The molecular formula is C45H31BN2O2. The maximum absolute atomic E-state index is 6.87. The van der Waals surface area contributed by atoms with Gasteiger partial charge in [-0.2, -0.15) is 0 Å². The molecule has 0 spiro atoms. The molecule has 2 aliphatic heterocycles. The fraction of sp³-hybridized carbons (Fsp3) is 0.0667. The molecule has 7 aromatic carbocycles. The second-order valence-corrected chi connectivity index (χ2v) is 13.9. The van der Waals surface area contributed by atoms with Crippen molar-refractivity contribution in [3.05, 3.63) is 150 Å². The first kappa shape index (κ1) is 27.7. The van der Waals surface area contributed by atoms with Crippen molar-refractivity contribution in [2.45, 2.75) is 20.8 Å². The van der Waals surface area contributed by atoms with E-state index < -0.39 is 0 Å². The Morgan fingerprint density at radius 3 is 1.72 bits per heavy atom. The maximum Gasteiger partial charge on any atom is 0.247 e. The lowest BCUT2D eigenvalue weighted by molar-refractivity contribution is 0.668. The molecular weight excluding hydrogens is 611 g/mol. The third kappa shape index (κ3) is 3.56. The fourth-order valence-electron chi connectivity index (χ4n) is 9.08. The number of para-hydroxylation sites is 6. The molecule has 0 amide bonds. The summed E-state index contributed by atoms with van der Waals surface area (Å²) in [4.78, 5) is 4.88. The van der Waals surface area contributed by atoms with Gasteiger partial charge in [0, 0.05) is 21.5 Å². The molecule has 0 fully saturated rings. The Morgan fingerprint density at radius 1 is 0.440 bits per heavy atom. The van der Waals surface area contributed by atoms with Crippen molar-refractivity contribution >= 4 is 101 Å². The summed E-state index contributed by atoms with van der Waals surface area (Å²) in [6, 6.07) is 48.1. The zero-order valence-electron chi connectivity index (χ0n) is 28.0. The average Bonchev–Trinajstić information content (AvgIpc) is 3.71. The highest BCUT2D eigenvalue weighted by atomic mass is 16.3. The smallest absolute Gasteiger partial charge is 0.247 e. The van der Waals surface area contributed by atoms with E-state index in [1.807, 2.05) is 6.07 Å². The van der Waals surface area contributed by atoms with Gasteiger partial charge in [-0.15, -0.1) is 0 Å². The van der Waals surface area contributed by atoms with E-state index in [0.717, 1.165) is 72.3 Å². The van der Waals surface area contributed by atoms with E-state index in [9.17, 15) is 0 Å². The van der Waals surface area contributed by atoms with Gasteiger partial charge in [0.05, 0.1) is 34.1 Å². The normalized spacial score (nSPS) is 13.4. The number of furan rings is 2. The molecule has 0 N–H and O–H groups in total. The Hall–Kier alpha value is -6.20. The molecule has 5 heteroatoms. The van der Waals surface area contributed by atoms with E-state index in [0.29, 0.717) is 0 Å². The van der Waals surface area contributed by atoms with Crippen LogP contribution in [0.15, 0.2) is 142 Å². The molecule has 2 aromatic heterocycles. The summed E-state index contributed by atoms with van der Waals surface area (Å²) >= 11 is 0. The highest BCUT2D eigenvalue weighted by molar-refractivity contribution is 6.99. The molecule has 2 aliphatic rings. The summed E-state index contributed by atoms with van der Waals surface area (Å²) in [5.74, 6) is 0. The zero-order chi connectivity index (χ0) is 33.2. The SMILES string of the molecule is Cc1cc(C)c(B2c3cccc4c3N(c3ccccc3N4c3cccc4c3oc3ccccc34)c3c2ccc2c3oc3ccccc32)c(C)c1. The number of fused-ring (bicyclic) bond motifs is 11. The molecule has 0 bridgehead atoms. The van der Waals surface area contributed by atoms with Gasteiger partial charge in [0.2, 0.25) is 6.71 Å². The van der Waals surface area contributed by atoms with Crippen LogP contribution in [0.3, 0.4) is 0 Å². The van der Waals surface area contributed by atoms with Gasteiger partial charge in [-0.25, -0.2) is 0 Å². The number of aryl methyl sites for hydroxylation is 3. The number of nitrogens with zero attached hydrogens (tertiary/aromatic N) is 2. The van der Waals surface area contributed by atoms with Crippen LogP contribution >= 0.6 is 0 Å². The number of benzene rings is 7. The van der Waals surface area contributed by atoms with Crippen LogP contribution in [0.1, 0.15) is 16.7 Å². The van der Waals surface area contributed by atoms with Gasteiger partial charge in [-0.3, -0.25) is 0 Å². The second-order valence-electron chi connectivity index (χ2n) is 13.9. The molecule has 0 atom stereocenters. The monoisotopic (exact) mass is 642 g/mol. The van der Waals surface area contributed by atoms with Crippen LogP contribution in [0, 0.1) is 20.8 Å². The summed E-state index contributed by atoms with van der Waals surface area (Å²) in [5, 5.41) is 4.49. The van der Waals surface area contributed by atoms with Crippen LogP contribution < -0.4 is 26.2 Å². The first-order chi connectivity index (χ1) is 24.6. The lowest BCUT2D eigenvalue weighted by Crippen LogP contribution is -2.59. The Morgan fingerprint density at radius 2 is 0.980 bits per heavy atom. The van der Waals surface area contributed by atoms with Gasteiger partial charge in [0.15, 0.2) is 11.2 Å². The summed E-state index contributed by atoms with van der Waals surface area (Å²) in [6.45, 7) is 6.72. The molecule has 9 aromatic rings. The Kier molecular flexibility index (Phi) is 5.50. The largest absolute Gasteiger partial charge is 0.454 e. The molecule has 0 aliphatic carbocycles. The quantitative estimate of drug-likeness (QED) is 0.176. The van der Waals surface area contributed by atoms with Gasteiger partial charge in [-0.05, 0) is 68.1 Å². The Balaban J connectivity index is 1.28. The highest BCUT2D eigenvalue weighted by Gasteiger charge is 2.44. The Bertz CT molecular complexity index is 2880. The Labute approximate surface area is 289 Å². The molecule has 0 unspecified atom stereocenters. The van der Waals surface area contributed by atoms with E-state index in [2.05, 4.69) is 158 Å². The van der Waals surface area contributed by atoms with E-state index in [1.165, 1.54) is 38.8 Å². The van der Waals surface area contributed by atoms with Crippen molar-refractivity contribution in [3.8, 4) is 0 Å². The summed E-state index contributed by atoms with van der Waals surface area (Å²) < 4.78 is 13.5. The third-order valence-corrected chi connectivity index (χ3v) is 10.9. The lowest BCUT2D eigenvalue weighted by Gasteiger charge is -2.45. The average molecular weight is 643 g/mol. The van der Waals surface area contributed by atoms with Crippen molar-refractivity contribution in [1.82, 2.24) is 0 Å². The second kappa shape index (κ2) is 9.93. The fourth-order valence-corrected chi connectivity index (χ4v) is 9.08. The molecule has 0 saturated heterocycles. The zero-order valence-corrected chi connectivity index (χ0v) is 28.0. The minimum atomic E-state index is 0.00326. The minimum Gasteiger partial charge on any atom is -0.454 e. The van der Waals surface area contributed by atoms with Gasteiger partial charge >= 0.3 is 0 Å². The van der Waals surface area contributed by atoms with Crippen molar-refractivity contribution in [2.24, 2.45) is 0 Å². The number of hydrogen-bond acceptors (Lipinski definition) is 4. The topological polar surface area (TPSA) is 32.8 Å².